The molecule has 5 nitrogen and oxygen atoms in total. The fraction of sp³-hybridized carbons (Fsp3) is 0.250. The lowest BCUT2D eigenvalue weighted by atomic mass is 10.2. The standard InChI is InChI=1S/C12H14N4O/c1-2-9(13)10-12(17)14-11(16-15-10)8-6-4-3-5-7-8/h3-7,9H,2,13H2,1H3,(H,14,16,17). The van der Waals surface area contributed by atoms with E-state index >= 15 is 0 Å². The number of aromatic nitrogens is 3. The molecule has 17 heavy (non-hydrogen) atoms. The van der Waals surface area contributed by atoms with E-state index in [-0.39, 0.29) is 17.3 Å². The predicted octanol–water partition coefficient (Wildman–Crippen LogP) is 1.24. The molecule has 0 saturated carbocycles. The highest BCUT2D eigenvalue weighted by Crippen LogP contribution is 2.12. The van der Waals surface area contributed by atoms with Gasteiger partial charge >= 0.3 is 0 Å². The van der Waals surface area contributed by atoms with Crippen molar-refractivity contribution in [3.63, 3.8) is 0 Å². The Hall–Kier alpha value is -2.01. The first-order chi connectivity index (χ1) is 8.22. The summed E-state index contributed by atoms with van der Waals surface area (Å²) >= 11 is 0. The van der Waals surface area contributed by atoms with Gasteiger partial charge in [0.05, 0.1) is 6.04 Å². The van der Waals surface area contributed by atoms with Crippen molar-refractivity contribution < 1.29 is 0 Å². The first-order valence-electron chi connectivity index (χ1n) is 5.50. The Morgan fingerprint density at radius 1 is 1.29 bits per heavy atom. The minimum Gasteiger partial charge on any atom is -0.322 e. The molecule has 0 aliphatic carbocycles. The van der Waals surface area contributed by atoms with Crippen LogP contribution in [-0.4, -0.2) is 15.2 Å². The normalized spacial score (nSPS) is 12.4. The molecule has 88 valence electrons. The van der Waals surface area contributed by atoms with Crippen LogP contribution in [0.3, 0.4) is 0 Å². The highest BCUT2D eigenvalue weighted by atomic mass is 16.1. The molecule has 0 aliphatic rings. The zero-order valence-electron chi connectivity index (χ0n) is 9.55. The number of H-pyrrole nitrogens is 1. The van der Waals surface area contributed by atoms with Gasteiger partial charge in [-0.1, -0.05) is 37.3 Å². The first kappa shape index (κ1) is 11.5. The van der Waals surface area contributed by atoms with Crippen LogP contribution < -0.4 is 11.3 Å². The number of nitrogens with one attached hydrogen (secondary N) is 1. The summed E-state index contributed by atoms with van der Waals surface area (Å²) in [5.41, 5.74) is 6.60. The molecule has 1 atom stereocenters. The minimum absolute atomic E-state index is 0.270. The molecule has 0 bridgehead atoms. The Bertz CT molecular complexity index is 550. The van der Waals surface area contributed by atoms with Crippen molar-refractivity contribution in [2.45, 2.75) is 19.4 Å². The van der Waals surface area contributed by atoms with E-state index in [1.165, 1.54) is 0 Å². The van der Waals surface area contributed by atoms with E-state index < -0.39 is 0 Å². The second-order valence-electron chi connectivity index (χ2n) is 3.77. The molecule has 0 radical (unpaired) electrons. The zero-order valence-corrected chi connectivity index (χ0v) is 9.55. The molecule has 0 spiro atoms. The smallest absolute Gasteiger partial charge is 0.274 e. The third-order valence-corrected chi connectivity index (χ3v) is 2.56. The maximum absolute atomic E-state index is 11.8. The van der Waals surface area contributed by atoms with Gasteiger partial charge in [0.2, 0.25) is 0 Å². The van der Waals surface area contributed by atoms with E-state index in [9.17, 15) is 4.79 Å². The van der Waals surface area contributed by atoms with E-state index in [1.807, 2.05) is 37.3 Å². The molecule has 0 saturated heterocycles. The Balaban J connectivity index is 2.42. The average Bonchev–Trinajstić information content (AvgIpc) is 2.39. The second kappa shape index (κ2) is 4.88. The summed E-state index contributed by atoms with van der Waals surface area (Å²) in [5.74, 6) is 0.461. The quantitative estimate of drug-likeness (QED) is 0.830. The lowest BCUT2D eigenvalue weighted by Crippen LogP contribution is -2.24. The van der Waals surface area contributed by atoms with Gasteiger partial charge in [-0.15, -0.1) is 10.2 Å². The maximum atomic E-state index is 11.8. The summed E-state index contributed by atoms with van der Waals surface area (Å²) in [5, 5.41) is 7.90. The Morgan fingerprint density at radius 2 is 2.00 bits per heavy atom. The largest absolute Gasteiger partial charge is 0.322 e. The van der Waals surface area contributed by atoms with Crippen LogP contribution in [0.25, 0.3) is 11.4 Å². The molecule has 1 heterocycles. The van der Waals surface area contributed by atoms with E-state index in [1.54, 1.807) is 0 Å². The number of aromatic amines is 1. The monoisotopic (exact) mass is 230 g/mol. The first-order valence-corrected chi connectivity index (χ1v) is 5.50. The molecule has 0 aliphatic heterocycles. The van der Waals surface area contributed by atoms with E-state index in [0.29, 0.717) is 12.2 Å². The van der Waals surface area contributed by atoms with Gasteiger partial charge in [0, 0.05) is 5.56 Å². The Labute approximate surface area is 98.7 Å². The topological polar surface area (TPSA) is 84.7 Å². The lowest BCUT2D eigenvalue weighted by Gasteiger charge is -2.06. The van der Waals surface area contributed by atoms with Crippen molar-refractivity contribution >= 4 is 0 Å². The SMILES string of the molecule is CCC(N)c1nnc(-c2ccccc2)[nH]c1=O. The zero-order chi connectivity index (χ0) is 12.3. The van der Waals surface area contributed by atoms with Gasteiger partial charge in [-0.25, -0.2) is 0 Å². The molecular weight excluding hydrogens is 216 g/mol. The van der Waals surface area contributed by atoms with Crippen LogP contribution in [0.1, 0.15) is 25.1 Å². The van der Waals surface area contributed by atoms with Crippen molar-refractivity contribution in [1.82, 2.24) is 15.2 Å². The molecule has 1 unspecified atom stereocenters. The fourth-order valence-corrected chi connectivity index (χ4v) is 1.51. The molecule has 1 aromatic heterocycles. The Kier molecular flexibility index (Phi) is 3.30. The molecule has 2 rings (SSSR count). The van der Waals surface area contributed by atoms with Gasteiger partial charge in [-0.2, -0.15) is 0 Å². The van der Waals surface area contributed by atoms with Crippen LogP contribution >= 0.6 is 0 Å². The average molecular weight is 230 g/mol. The summed E-state index contributed by atoms with van der Waals surface area (Å²) in [4.78, 5) is 14.5. The van der Waals surface area contributed by atoms with Gasteiger partial charge in [-0.05, 0) is 6.42 Å². The van der Waals surface area contributed by atoms with Crippen LogP contribution in [0.5, 0.6) is 0 Å². The maximum Gasteiger partial charge on any atom is 0.274 e. The van der Waals surface area contributed by atoms with Crippen LogP contribution in [-0.2, 0) is 0 Å². The number of nitrogens with zero attached hydrogens (tertiary/aromatic N) is 2. The molecule has 2 aromatic rings. The van der Waals surface area contributed by atoms with E-state index in [0.717, 1.165) is 5.56 Å². The van der Waals surface area contributed by atoms with Crippen molar-refractivity contribution in [3.05, 3.63) is 46.4 Å². The number of hydrogen-bond acceptors (Lipinski definition) is 4. The third kappa shape index (κ3) is 2.39. The second-order valence-corrected chi connectivity index (χ2v) is 3.77. The number of hydrogen-bond donors (Lipinski definition) is 2. The molecule has 0 amide bonds. The van der Waals surface area contributed by atoms with E-state index in [4.69, 9.17) is 5.73 Å². The van der Waals surface area contributed by atoms with Gasteiger partial charge in [0.25, 0.3) is 5.56 Å². The molecule has 5 heteroatoms. The highest BCUT2D eigenvalue weighted by molar-refractivity contribution is 5.53. The van der Waals surface area contributed by atoms with Gasteiger partial charge in [0.1, 0.15) is 5.69 Å². The Morgan fingerprint density at radius 3 is 2.59 bits per heavy atom. The van der Waals surface area contributed by atoms with Crippen LogP contribution in [0, 0.1) is 0 Å². The number of benzene rings is 1. The highest BCUT2D eigenvalue weighted by Gasteiger charge is 2.12. The molecule has 3 N–H and O–H groups in total. The molecule has 1 aromatic carbocycles. The predicted molar refractivity (Wildman–Crippen MR) is 65.3 cm³/mol. The number of nitrogens with two attached hydrogens (primary N) is 1. The summed E-state index contributed by atoms with van der Waals surface area (Å²) in [6.07, 6.45) is 0.655. The van der Waals surface area contributed by atoms with E-state index in [2.05, 4.69) is 15.2 Å². The summed E-state index contributed by atoms with van der Waals surface area (Å²) < 4.78 is 0. The van der Waals surface area contributed by atoms with Gasteiger partial charge in [0.15, 0.2) is 5.82 Å². The summed E-state index contributed by atoms with van der Waals surface area (Å²) in [6.45, 7) is 1.90. The summed E-state index contributed by atoms with van der Waals surface area (Å²) in [7, 11) is 0. The van der Waals surface area contributed by atoms with Gasteiger partial charge < -0.3 is 10.7 Å². The summed E-state index contributed by atoms with van der Waals surface area (Å²) in [6, 6.07) is 9.01. The van der Waals surface area contributed by atoms with Crippen LogP contribution in [0.15, 0.2) is 35.1 Å². The minimum atomic E-state index is -0.365. The van der Waals surface area contributed by atoms with Crippen molar-refractivity contribution in [2.75, 3.05) is 0 Å². The van der Waals surface area contributed by atoms with Crippen molar-refractivity contribution in [1.29, 1.82) is 0 Å². The molecule has 0 fully saturated rings. The third-order valence-electron chi connectivity index (χ3n) is 2.56. The van der Waals surface area contributed by atoms with Crippen molar-refractivity contribution in [3.8, 4) is 11.4 Å². The van der Waals surface area contributed by atoms with Gasteiger partial charge in [-0.3, -0.25) is 4.79 Å². The van der Waals surface area contributed by atoms with Crippen LogP contribution in [0.4, 0.5) is 0 Å². The number of rotatable bonds is 3. The van der Waals surface area contributed by atoms with Crippen molar-refractivity contribution in [2.24, 2.45) is 5.73 Å². The molecular formula is C12H14N4O. The fourth-order valence-electron chi connectivity index (χ4n) is 1.51. The van der Waals surface area contributed by atoms with Crippen LogP contribution in [0.2, 0.25) is 0 Å². The lowest BCUT2D eigenvalue weighted by molar-refractivity contribution is 0.645.